The van der Waals surface area contributed by atoms with Crippen molar-refractivity contribution in [2.45, 2.75) is 19.4 Å². The maximum atomic E-state index is 5.72. The van der Waals surface area contributed by atoms with Crippen molar-refractivity contribution in [3.05, 3.63) is 24.3 Å². The molecule has 0 unspecified atom stereocenters. The number of anilines is 1. The Kier molecular flexibility index (Phi) is 3.04. The fourth-order valence-corrected chi connectivity index (χ4v) is 1.46. The summed E-state index contributed by atoms with van der Waals surface area (Å²) in [5, 5.41) is 0.792. The zero-order chi connectivity index (χ0) is 13.2. The van der Waals surface area contributed by atoms with Crippen molar-refractivity contribution in [1.29, 1.82) is 0 Å². The summed E-state index contributed by atoms with van der Waals surface area (Å²) in [6.45, 7) is 3.58. The van der Waals surface area contributed by atoms with Crippen LogP contribution in [0.25, 0.3) is 10.9 Å². The average Bonchev–Trinajstić information content (AvgIpc) is 2.38. The zero-order valence-electron chi connectivity index (χ0n) is 10.3. The highest BCUT2D eigenvalue weighted by atomic mass is 16.5. The van der Waals surface area contributed by atoms with Crippen molar-refractivity contribution >= 4 is 16.9 Å². The number of benzene rings is 1. The molecule has 1 aromatic heterocycles. The third kappa shape index (κ3) is 2.34. The minimum atomic E-state index is -0.747. The van der Waals surface area contributed by atoms with Crippen molar-refractivity contribution in [2.75, 3.05) is 5.43 Å². The van der Waals surface area contributed by atoms with E-state index in [2.05, 4.69) is 21.3 Å². The fourth-order valence-electron chi connectivity index (χ4n) is 1.46. The van der Waals surface area contributed by atoms with Gasteiger partial charge >= 0.3 is 0 Å². The van der Waals surface area contributed by atoms with Gasteiger partial charge in [0.15, 0.2) is 5.60 Å². The van der Waals surface area contributed by atoms with E-state index < -0.39 is 5.60 Å². The monoisotopic (exact) mass is 242 g/mol. The molecular weight excluding hydrogens is 228 g/mol. The molecule has 0 saturated carbocycles. The number of hydrazine groups is 1. The fraction of sp³-hybridized carbons (Fsp3) is 0.231. The van der Waals surface area contributed by atoms with Crippen molar-refractivity contribution < 1.29 is 4.74 Å². The Balaban J connectivity index is 2.58. The van der Waals surface area contributed by atoms with Crippen LogP contribution in [0, 0.1) is 12.3 Å². The molecule has 2 aromatic rings. The van der Waals surface area contributed by atoms with E-state index in [4.69, 9.17) is 17.0 Å². The summed E-state index contributed by atoms with van der Waals surface area (Å²) in [7, 11) is 0. The van der Waals surface area contributed by atoms with Gasteiger partial charge in [0.1, 0.15) is 0 Å². The molecule has 92 valence electrons. The van der Waals surface area contributed by atoms with E-state index in [1.807, 2.05) is 24.3 Å². The number of para-hydroxylation sites is 1. The van der Waals surface area contributed by atoms with Crippen LogP contribution < -0.4 is 16.0 Å². The standard InChI is InChI=1S/C13H14N4O/c1-4-13(2,3)18-11-9-7-5-6-8-10(9)15-12(16-11)17-14/h1,5-8H,14H2,2-3H3,(H,15,16,17). The number of hydrogen-bond donors (Lipinski definition) is 2. The molecular formula is C13H14N4O. The predicted molar refractivity (Wildman–Crippen MR) is 70.9 cm³/mol. The topological polar surface area (TPSA) is 73.1 Å². The quantitative estimate of drug-likeness (QED) is 0.487. The van der Waals surface area contributed by atoms with Crippen LogP contribution in [0.3, 0.4) is 0 Å². The molecule has 18 heavy (non-hydrogen) atoms. The van der Waals surface area contributed by atoms with E-state index >= 15 is 0 Å². The maximum Gasteiger partial charge on any atom is 0.241 e. The van der Waals surface area contributed by atoms with Crippen molar-refractivity contribution in [3.63, 3.8) is 0 Å². The van der Waals surface area contributed by atoms with Gasteiger partial charge in [-0.2, -0.15) is 4.98 Å². The minimum absolute atomic E-state index is 0.288. The number of rotatable bonds is 3. The Bertz CT molecular complexity index is 616. The van der Waals surface area contributed by atoms with E-state index in [9.17, 15) is 0 Å². The van der Waals surface area contributed by atoms with Gasteiger partial charge in [-0.25, -0.2) is 10.8 Å². The SMILES string of the molecule is C#CC(C)(C)Oc1nc(NN)nc2ccccc12. The van der Waals surface area contributed by atoms with Crippen LogP contribution in [-0.2, 0) is 0 Å². The molecule has 0 saturated heterocycles. The lowest BCUT2D eigenvalue weighted by Crippen LogP contribution is -2.26. The molecule has 0 aliphatic rings. The molecule has 1 aromatic carbocycles. The van der Waals surface area contributed by atoms with Gasteiger partial charge in [-0.3, -0.25) is 5.43 Å². The molecule has 0 fully saturated rings. The first-order chi connectivity index (χ1) is 8.55. The number of terminal acetylenes is 1. The van der Waals surface area contributed by atoms with Gasteiger partial charge in [0.25, 0.3) is 0 Å². The molecule has 5 heteroatoms. The summed E-state index contributed by atoms with van der Waals surface area (Å²) in [5.41, 5.74) is 2.40. The van der Waals surface area contributed by atoms with Gasteiger partial charge in [0.2, 0.25) is 11.8 Å². The largest absolute Gasteiger partial charge is 0.458 e. The molecule has 0 spiro atoms. The number of nitrogen functional groups attached to an aromatic ring is 1. The van der Waals surface area contributed by atoms with Crippen LogP contribution in [-0.4, -0.2) is 15.6 Å². The number of nitrogens with one attached hydrogen (secondary N) is 1. The van der Waals surface area contributed by atoms with E-state index in [0.717, 1.165) is 10.9 Å². The minimum Gasteiger partial charge on any atom is -0.458 e. The molecule has 0 radical (unpaired) electrons. The third-order valence-corrected chi connectivity index (χ3v) is 2.40. The average molecular weight is 242 g/mol. The molecule has 0 aliphatic heterocycles. The van der Waals surface area contributed by atoms with Gasteiger partial charge in [0, 0.05) is 0 Å². The normalized spacial score (nSPS) is 11.0. The van der Waals surface area contributed by atoms with Gasteiger partial charge < -0.3 is 4.74 Å². The highest BCUT2D eigenvalue weighted by Crippen LogP contribution is 2.26. The lowest BCUT2D eigenvalue weighted by molar-refractivity contribution is 0.167. The first-order valence-corrected chi connectivity index (χ1v) is 5.46. The number of nitrogens with zero attached hydrogens (tertiary/aromatic N) is 2. The van der Waals surface area contributed by atoms with Crippen LogP contribution >= 0.6 is 0 Å². The van der Waals surface area contributed by atoms with Gasteiger partial charge in [-0.15, -0.1) is 6.42 Å². The second-order valence-corrected chi connectivity index (χ2v) is 4.27. The Labute approximate surface area is 105 Å². The Morgan fingerprint density at radius 2 is 2.06 bits per heavy atom. The molecule has 5 nitrogen and oxygen atoms in total. The number of ether oxygens (including phenoxy) is 1. The summed E-state index contributed by atoms with van der Waals surface area (Å²) in [6.07, 6.45) is 5.41. The smallest absolute Gasteiger partial charge is 0.241 e. The Morgan fingerprint density at radius 1 is 1.33 bits per heavy atom. The molecule has 0 aliphatic carbocycles. The number of nitrogens with two attached hydrogens (primary N) is 1. The first kappa shape index (κ1) is 12.1. The third-order valence-electron chi connectivity index (χ3n) is 2.40. The van der Waals surface area contributed by atoms with Gasteiger partial charge in [-0.05, 0) is 26.0 Å². The van der Waals surface area contributed by atoms with Crippen LogP contribution in [0.5, 0.6) is 5.88 Å². The molecule has 0 bridgehead atoms. The molecule has 3 N–H and O–H groups in total. The van der Waals surface area contributed by atoms with Crippen molar-refractivity contribution in [3.8, 4) is 18.2 Å². The number of aromatic nitrogens is 2. The predicted octanol–water partition coefficient (Wildman–Crippen LogP) is 1.71. The second kappa shape index (κ2) is 4.51. The lowest BCUT2D eigenvalue weighted by Gasteiger charge is -2.20. The number of hydrogen-bond acceptors (Lipinski definition) is 5. The summed E-state index contributed by atoms with van der Waals surface area (Å²) >= 11 is 0. The van der Waals surface area contributed by atoms with E-state index in [0.29, 0.717) is 5.88 Å². The maximum absolute atomic E-state index is 5.72. The number of fused-ring (bicyclic) bond motifs is 1. The molecule has 1 heterocycles. The van der Waals surface area contributed by atoms with Crippen molar-refractivity contribution in [1.82, 2.24) is 9.97 Å². The highest BCUT2D eigenvalue weighted by molar-refractivity contribution is 5.84. The van der Waals surface area contributed by atoms with Crippen LogP contribution in [0.1, 0.15) is 13.8 Å². The summed E-state index contributed by atoms with van der Waals surface area (Å²) in [4.78, 5) is 8.42. The Morgan fingerprint density at radius 3 is 2.72 bits per heavy atom. The highest BCUT2D eigenvalue weighted by Gasteiger charge is 2.19. The van der Waals surface area contributed by atoms with Gasteiger partial charge in [-0.1, -0.05) is 18.1 Å². The second-order valence-electron chi connectivity index (χ2n) is 4.27. The van der Waals surface area contributed by atoms with E-state index in [-0.39, 0.29) is 5.95 Å². The summed E-state index contributed by atoms with van der Waals surface area (Å²) in [5.74, 6) is 8.59. The van der Waals surface area contributed by atoms with Gasteiger partial charge in [0.05, 0.1) is 10.9 Å². The first-order valence-electron chi connectivity index (χ1n) is 5.46. The molecule has 0 atom stereocenters. The van der Waals surface area contributed by atoms with Crippen LogP contribution in [0.4, 0.5) is 5.95 Å². The molecule has 0 amide bonds. The van der Waals surface area contributed by atoms with Crippen LogP contribution in [0.15, 0.2) is 24.3 Å². The van der Waals surface area contributed by atoms with Crippen LogP contribution in [0.2, 0.25) is 0 Å². The van der Waals surface area contributed by atoms with Crippen molar-refractivity contribution in [2.24, 2.45) is 5.84 Å². The zero-order valence-corrected chi connectivity index (χ0v) is 10.3. The summed E-state index contributed by atoms with van der Waals surface area (Å²) < 4.78 is 5.72. The Hall–Kier alpha value is -2.32. The summed E-state index contributed by atoms with van der Waals surface area (Å²) in [6, 6.07) is 7.49. The molecule has 2 rings (SSSR count). The van der Waals surface area contributed by atoms with E-state index in [1.54, 1.807) is 13.8 Å². The lowest BCUT2D eigenvalue weighted by atomic mass is 10.1. The van der Waals surface area contributed by atoms with E-state index in [1.165, 1.54) is 0 Å².